The largest absolute Gasteiger partial charge is 0.444 e. The van der Waals surface area contributed by atoms with E-state index in [0.29, 0.717) is 29.5 Å². The first-order valence-electron chi connectivity index (χ1n) is 11.4. The minimum atomic E-state index is -2.90. The number of amides is 2. The highest BCUT2D eigenvalue weighted by atomic mass is 19.3. The van der Waals surface area contributed by atoms with Gasteiger partial charge in [0.05, 0.1) is 23.6 Å². The van der Waals surface area contributed by atoms with Crippen molar-refractivity contribution in [3.63, 3.8) is 0 Å². The zero-order valence-corrected chi connectivity index (χ0v) is 19.6. The first-order chi connectivity index (χ1) is 16.0. The van der Waals surface area contributed by atoms with E-state index in [1.165, 1.54) is 6.20 Å². The minimum Gasteiger partial charge on any atom is -0.444 e. The van der Waals surface area contributed by atoms with Crippen LogP contribution in [-0.4, -0.2) is 33.6 Å². The highest BCUT2D eigenvalue weighted by Gasteiger charge is 2.30. The number of hydrogen-bond acceptors (Lipinski definition) is 5. The van der Waals surface area contributed by atoms with Crippen molar-refractivity contribution in [2.75, 3.05) is 5.32 Å². The number of fused-ring (bicyclic) bond motifs is 4. The number of halogens is 2. The van der Waals surface area contributed by atoms with Crippen molar-refractivity contribution >= 4 is 23.9 Å². The fraction of sp³-hybridized carbons (Fsp3) is 0.500. The third-order valence-electron chi connectivity index (χ3n) is 5.86. The molecule has 182 valence electrons. The Labute approximate surface area is 196 Å². The Morgan fingerprint density at radius 3 is 2.68 bits per heavy atom. The normalized spacial score (nSPS) is 22.3. The van der Waals surface area contributed by atoms with Crippen molar-refractivity contribution in [3.8, 4) is 11.3 Å². The average Bonchev–Trinajstić information content (AvgIpc) is 3.50. The molecule has 2 aliphatic heterocycles. The molecule has 10 heteroatoms. The highest BCUT2D eigenvalue weighted by molar-refractivity contribution is 5.97. The number of aromatic nitrogens is 2. The highest BCUT2D eigenvalue weighted by Crippen LogP contribution is 2.41. The maximum absolute atomic E-state index is 13.9. The lowest BCUT2D eigenvalue weighted by Crippen LogP contribution is -2.35. The predicted octanol–water partition coefficient (Wildman–Crippen LogP) is 5.40. The topological polar surface area (TPSA) is 97.6 Å². The van der Waals surface area contributed by atoms with E-state index in [2.05, 4.69) is 20.7 Å². The van der Waals surface area contributed by atoms with Gasteiger partial charge in [0.2, 0.25) is 5.91 Å². The summed E-state index contributed by atoms with van der Waals surface area (Å²) in [6.07, 6.45) is 4.19. The van der Waals surface area contributed by atoms with Crippen LogP contribution in [0.4, 0.5) is 19.3 Å². The Morgan fingerprint density at radius 1 is 1.29 bits per heavy atom. The molecule has 1 aromatic carbocycles. The molecule has 3 atom stereocenters. The zero-order chi connectivity index (χ0) is 24.6. The molecule has 1 aromatic heterocycles. The lowest BCUT2D eigenvalue weighted by atomic mass is 9.91. The van der Waals surface area contributed by atoms with Gasteiger partial charge >= 0.3 is 12.6 Å². The number of carbonyl (C=O) groups is 2. The number of nitrogens with one attached hydrogen (secondary N) is 2. The van der Waals surface area contributed by atoms with Gasteiger partial charge in [-0.05, 0) is 50.8 Å². The van der Waals surface area contributed by atoms with E-state index < -0.39 is 24.3 Å². The van der Waals surface area contributed by atoms with E-state index in [4.69, 9.17) is 4.74 Å². The van der Waals surface area contributed by atoms with Crippen LogP contribution >= 0.6 is 0 Å². The van der Waals surface area contributed by atoms with Gasteiger partial charge in [0, 0.05) is 17.7 Å². The van der Waals surface area contributed by atoms with E-state index in [-0.39, 0.29) is 29.2 Å². The molecule has 2 bridgehead atoms. The second kappa shape index (κ2) is 9.15. The standard InChI is InChI=1S/C24H29F2N5O3/c1-13-6-5-7-17(30-23(33)34-24(2,3)4)14-8-9-15(18-11-27-18)16(10-14)20-19(29-21(13)32)12-28-31(20)22(25)26/h8-13,17-18,22H,5-7H2,1-4H3,(H,29,32)(H,30,33)/t13-,17+,18?/m1/s1. The first kappa shape index (κ1) is 23.8. The fourth-order valence-electron chi connectivity index (χ4n) is 4.11. The smallest absolute Gasteiger partial charge is 0.408 e. The predicted molar refractivity (Wildman–Crippen MR) is 124 cm³/mol. The lowest BCUT2D eigenvalue weighted by molar-refractivity contribution is -0.119. The summed E-state index contributed by atoms with van der Waals surface area (Å²) in [6, 6.07) is 4.82. The third-order valence-corrected chi connectivity index (χ3v) is 5.86. The van der Waals surface area contributed by atoms with Gasteiger partial charge in [-0.15, -0.1) is 0 Å². The molecule has 0 saturated heterocycles. The van der Waals surface area contributed by atoms with Crippen molar-refractivity contribution in [3.05, 3.63) is 35.5 Å². The molecule has 0 spiro atoms. The Kier molecular flexibility index (Phi) is 6.42. The summed E-state index contributed by atoms with van der Waals surface area (Å²) in [7, 11) is 0. The maximum Gasteiger partial charge on any atom is 0.408 e. The van der Waals surface area contributed by atoms with Crippen LogP contribution in [-0.2, 0) is 9.53 Å². The maximum atomic E-state index is 13.9. The number of alkyl carbamates (subject to hydrolysis) is 1. The van der Waals surface area contributed by atoms with Gasteiger partial charge in [-0.2, -0.15) is 13.9 Å². The summed E-state index contributed by atoms with van der Waals surface area (Å²) >= 11 is 0. The molecule has 34 heavy (non-hydrogen) atoms. The van der Waals surface area contributed by atoms with E-state index >= 15 is 0 Å². The Bertz CT molecular complexity index is 1120. The molecule has 2 aromatic rings. The van der Waals surface area contributed by atoms with Crippen molar-refractivity contribution in [1.29, 1.82) is 0 Å². The van der Waals surface area contributed by atoms with Gasteiger partial charge in [0.1, 0.15) is 11.6 Å². The third kappa shape index (κ3) is 5.26. The number of ether oxygens (including phenoxy) is 1. The van der Waals surface area contributed by atoms with E-state index in [9.17, 15) is 18.4 Å². The number of hydrogen-bond donors (Lipinski definition) is 2. The summed E-state index contributed by atoms with van der Waals surface area (Å²) in [5.41, 5.74) is 1.62. The number of rotatable bonds is 3. The number of nitrogens with zero attached hydrogens (tertiary/aromatic N) is 3. The zero-order valence-electron chi connectivity index (χ0n) is 19.6. The molecule has 4 rings (SSSR count). The molecule has 0 fully saturated rings. The molecule has 0 saturated carbocycles. The van der Waals surface area contributed by atoms with Gasteiger partial charge < -0.3 is 15.4 Å². The number of anilines is 1. The summed E-state index contributed by atoms with van der Waals surface area (Å²) in [5.74, 6) is -0.624. The number of benzene rings is 1. The summed E-state index contributed by atoms with van der Waals surface area (Å²) in [5, 5.41) is 9.55. The van der Waals surface area contributed by atoms with Gasteiger partial charge in [-0.3, -0.25) is 9.79 Å². The molecule has 3 heterocycles. The Balaban J connectivity index is 1.82. The molecule has 2 N–H and O–H groups in total. The van der Waals surface area contributed by atoms with Gasteiger partial charge in [-0.1, -0.05) is 25.5 Å². The quantitative estimate of drug-likeness (QED) is 0.624. The molecular weight excluding hydrogens is 444 g/mol. The monoisotopic (exact) mass is 473 g/mol. The van der Waals surface area contributed by atoms with Gasteiger partial charge in [-0.25, -0.2) is 9.48 Å². The van der Waals surface area contributed by atoms with Crippen LogP contribution in [0.1, 0.15) is 76.7 Å². The van der Waals surface area contributed by atoms with Crippen LogP contribution in [0.2, 0.25) is 0 Å². The van der Waals surface area contributed by atoms with Crippen LogP contribution in [0, 0.1) is 5.92 Å². The molecule has 2 amide bonds. The van der Waals surface area contributed by atoms with E-state index in [1.54, 1.807) is 40.0 Å². The van der Waals surface area contributed by atoms with Crippen molar-refractivity contribution in [2.24, 2.45) is 10.9 Å². The van der Waals surface area contributed by atoms with Crippen molar-refractivity contribution in [1.82, 2.24) is 15.1 Å². The SMILES string of the molecule is C[C@@H]1CCC[C@H](NC(=O)OC(C)(C)C)c2ccc(C3C=N3)c(c2)-c2c(cnn2C(F)F)NC1=O. The second-order valence-corrected chi connectivity index (χ2v) is 9.74. The molecule has 0 radical (unpaired) electrons. The van der Waals surface area contributed by atoms with Crippen LogP contribution in [0.25, 0.3) is 11.3 Å². The number of aliphatic imine (C=N–C) groups is 1. The van der Waals surface area contributed by atoms with E-state index in [0.717, 1.165) is 11.1 Å². The fourth-order valence-corrected chi connectivity index (χ4v) is 4.11. The summed E-state index contributed by atoms with van der Waals surface area (Å²) < 4.78 is 33.9. The van der Waals surface area contributed by atoms with Crippen LogP contribution in [0.3, 0.4) is 0 Å². The number of alkyl halides is 2. The Hall–Kier alpha value is -3.30. The Morgan fingerprint density at radius 2 is 2.03 bits per heavy atom. The first-order valence-corrected chi connectivity index (χ1v) is 11.4. The van der Waals surface area contributed by atoms with Gasteiger partial charge in [0.25, 0.3) is 0 Å². The average molecular weight is 474 g/mol. The van der Waals surface area contributed by atoms with Crippen LogP contribution < -0.4 is 10.6 Å². The molecular formula is C24H29F2N5O3. The number of carbonyl (C=O) groups excluding carboxylic acids is 2. The van der Waals surface area contributed by atoms with Crippen molar-refractivity contribution < 1.29 is 23.1 Å². The van der Waals surface area contributed by atoms with Crippen molar-refractivity contribution in [2.45, 2.75) is 71.2 Å². The molecule has 0 aliphatic carbocycles. The van der Waals surface area contributed by atoms with Gasteiger partial charge in [0.15, 0.2) is 0 Å². The molecule has 8 nitrogen and oxygen atoms in total. The van der Waals surface area contributed by atoms with Crippen LogP contribution in [0.15, 0.2) is 29.4 Å². The minimum absolute atomic E-state index is 0.111. The lowest BCUT2D eigenvalue weighted by Gasteiger charge is -2.25. The molecule has 2 aliphatic rings. The summed E-state index contributed by atoms with van der Waals surface area (Å²) in [6.45, 7) is 4.23. The summed E-state index contributed by atoms with van der Waals surface area (Å²) in [4.78, 5) is 29.6. The second-order valence-electron chi connectivity index (χ2n) is 9.74. The van der Waals surface area contributed by atoms with E-state index in [1.807, 2.05) is 12.1 Å². The van der Waals surface area contributed by atoms with Crippen LogP contribution in [0.5, 0.6) is 0 Å². The molecule has 1 unspecified atom stereocenters.